The molecule has 2 heterocycles. The van der Waals surface area contributed by atoms with E-state index in [1.54, 1.807) is 16.8 Å². The van der Waals surface area contributed by atoms with Crippen LogP contribution in [-0.2, 0) is 16.0 Å². The molecule has 1 atom stereocenters. The third kappa shape index (κ3) is 2.32. The Morgan fingerprint density at radius 1 is 1.42 bits per heavy atom. The van der Waals surface area contributed by atoms with Crippen LogP contribution in [0.25, 0.3) is 10.9 Å². The number of aromatic nitrogens is 2. The minimum absolute atomic E-state index is 0.0762. The van der Waals surface area contributed by atoms with Gasteiger partial charge in [-0.05, 0) is 6.07 Å². The summed E-state index contributed by atoms with van der Waals surface area (Å²) < 4.78 is 12.6. The number of carbonyl (C=O) groups is 1. The Morgan fingerprint density at radius 2 is 2.26 bits per heavy atom. The van der Waals surface area contributed by atoms with Gasteiger partial charge in [0.15, 0.2) is 5.69 Å². The molecule has 1 unspecified atom stereocenters. The lowest BCUT2D eigenvalue weighted by Gasteiger charge is -2.22. The van der Waals surface area contributed by atoms with Gasteiger partial charge in [-0.3, -0.25) is 4.68 Å². The van der Waals surface area contributed by atoms with Gasteiger partial charge in [0.2, 0.25) is 0 Å². The van der Waals surface area contributed by atoms with Crippen LogP contribution in [0.2, 0.25) is 0 Å². The number of ether oxygens (including phenoxy) is 2. The molecule has 0 radical (unpaired) electrons. The number of rotatable bonds is 3. The SMILES string of the molecule is O=C(O)c1nn(CC2COCCO2)c2ccccc12. The molecule has 1 aliphatic heterocycles. The number of hydrogen-bond acceptors (Lipinski definition) is 4. The largest absolute Gasteiger partial charge is 0.476 e. The molecule has 100 valence electrons. The molecule has 1 aromatic heterocycles. The van der Waals surface area contributed by atoms with Crippen molar-refractivity contribution in [3.63, 3.8) is 0 Å². The average molecular weight is 262 g/mol. The van der Waals surface area contributed by atoms with Gasteiger partial charge in [-0.25, -0.2) is 4.79 Å². The summed E-state index contributed by atoms with van der Waals surface area (Å²) in [7, 11) is 0. The van der Waals surface area contributed by atoms with Crippen molar-refractivity contribution in [1.82, 2.24) is 9.78 Å². The van der Waals surface area contributed by atoms with Crippen molar-refractivity contribution in [2.45, 2.75) is 12.6 Å². The highest BCUT2D eigenvalue weighted by molar-refractivity contribution is 6.01. The quantitative estimate of drug-likeness (QED) is 0.898. The highest BCUT2D eigenvalue weighted by atomic mass is 16.6. The average Bonchev–Trinajstić information content (AvgIpc) is 2.79. The molecule has 1 aliphatic rings. The fraction of sp³-hybridized carbons (Fsp3) is 0.385. The van der Waals surface area contributed by atoms with E-state index in [-0.39, 0.29) is 11.8 Å². The predicted molar refractivity (Wildman–Crippen MR) is 67.3 cm³/mol. The van der Waals surface area contributed by atoms with E-state index in [4.69, 9.17) is 9.47 Å². The van der Waals surface area contributed by atoms with Gasteiger partial charge in [0.1, 0.15) is 6.10 Å². The summed E-state index contributed by atoms with van der Waals surface area (Å²) in [5.41, 5.74) is 0.876. The second kappa shape index (κ2) is 4.99. The maximum atomic E-state index is 11.2. The van der Waals surface area contributed by atoms with Gasteiger partial charge in [-0.15, -0.1) is 0 Å². The van der Waals surface area contributed by atoms with E-state index in [1.165, 1.54) is 0 Å². The standard InChI is InChI=1S/C13H14N2O4/c16-13(17)12-10-3-1-2-4-11(10)15(14-12)7-9-8-18-5-6-19-9/h1-4,9H,5-8H2,(H,16,17). The smallest absolute Gasteiger partial charge is 0.357 e. The fourth-order valence-electron chi connectivity index (χ4n) is 2.26. The van der Waals surface area contributed by atoms with Crippen molar-refractivity contribution in [2.75, 3.05) is 19.8 Å². The molecule has 3 rings (SSSR count). The number of benzene rings is 1. The molecule has 0 bridgehead atoms. The molecular weight excluding hydrogens is 248 g/mol. The first-order chi connectivity index (χ1) is 9.25. The normalized spacial score (nSPS) is 19.7. The van der Waals surface area contributed by atoms with E-state index >= 15 is 0 Å². The molecule has 19 heavy (non-hydrogen) atoms. The van der Waals surface area contributed by atoms with E-state index in [9.17, 15) is 9.90 Å². The number of fused-ring (bicyclic) bond motifs is 1. The van der Waals surface area contributed by atoms with Gasteiger partial charge in [0.05, 0.1) is 31.9 Å². The van der Waals surface area contributed by atoms with Crippen molar-refractivity contribution in [1.29, 1.82) is 0 Å². The number of hydrogen-bond donors (Lipinski definition) is 1. The van der Waals surface area contributed by atoms with Gasteiger partial charge in [0.25, 0.3) is 0 Å². The topological polar surface area (TPSA) is 73.6 Å². The van der Waals surface area contributed by atoms with Crippen LogP contribution in [0.5, 0.6) is 0 Å². The fourth-order valence-corrected chi connectivity index (χ4v) is 2.26. The molecule has 1 fully saturated rings. The zero-order valence-electron chi connectivity index (χ0n) is 10.3. The van der Waals surface area contributed by atoms with Crippen LogP contribution in [0.4, 0.5) is 0 Å². The maximum absolute atomic E-state index is 11.2. The summed E-state index contributed by atoms with van der Waals surface area (Å²) in [5.74, 6) is -1.02. The van der Waals surface area contributed by atoms with Gasteiger partial charge in [-0.1, -0.05) is 18.2 Å². The van der Waals surface area contributed by atoms with E-state index in [2.05, 4.69) is 5.10 Å². The Morgan fingerprint density at radius 3 is 3.00 bits per heavy atom. The molecule has 1 saturated heterocycles. The highest BCUT2D eigenvalue weighted by Crippen LogP contribution is 2.19. The Balaban J connectivity index is 1.96. The minimum Gasteiger partial charge on any atom is -0.476 e. The van der Waals surface area contributed by atoms with E-state index < -0.39 is 5.97 Å². The van der Waals surface area contributed by atoms with Crippen LogP contribution in [0.1, 0.15) is 10.5 Å². The Kier molecular flexibility index (Phi) is 3.18. The van der Waals surface area contributed by atoms with Crippen LogP contribution in [0.15, 0.2) is 24.3 Å². The lowest BCUT2D eigenvalue weighted by Crippen LogP contribution is -2.32. The van der Waals surface area contributed by atoms with Gasteiger partial charge in [0, 0.05) is 5.39 Å². The molecule has 1 aromatic carbocycles. The highest BCUT2D eigenvalue weighted by Gasteiger charge is 2.20. The molecule has 0 spiro atoms. The zero-order valence-corrected chi connectivity index (χ0v) is 10.3. The van der Waals surface area contributed by atoms with Crippen molar-refractivity contribution in [2.24, 2.45) is 0 Å². The monoisotopic (exact) mass is 262 g/mol. The second-order valence-electron chi connectivity index (χ2n) is 4.42. The first-order valence-corrected chi connectivity index (χ1v) is 6.14. The molecule has 0 saturated carbocycles. The zero-order chi connectivity index (χ0) is 13.2. The molecule has 6 heteroatoms. The predicted octanol–water partition coefficient (Wildman–Crippen LogP) is 1.15. The van der Waals surface area contributed by atoms with E-state index in [0.717, 1.165) is 5.52 Å². The summed E-state index contributed by atoms with van der Waals surface area (Å²) in [6, 6.07) is 7.30. The number of carboxylic acid groups (broad SMARTS) is 1. The summed E-state index contributed by atoms with van der Waals surface area (Å²) in [6.07, 6.45) is -0.0845. The summed E-state index contributed by atoms with van der Waals surface area (Å²) in [4.78, 5) is 11.2. The number of carboxylic acids is 1. The first-order valence-electron chi connectivity index (χ1n) is 6.14. The summed E-state index contributed by atoms with van der Waals surface area (Å²) >= 11 is 0. The van der Waals surface area contributed by atoms with Crippen LogP contribution in [-0.4, -0.2) is 46.8 Å². The van der Waals surface area contributed by atoms with Crippen LogP contribution < -0.4 is 0 Å². The van der Waals surface area contributed by atoms with Crippen molar-refractivity contribution in [3.8, 4) is 0 Å². The second-order valence-corrected chi connectivity index (χ2v) is 4.42. The lowest BCUT2D eigenvalue weighted by molar-refractivity contribution is -0.0942. The van der Waals surface area contributed by atoms with Gasteiger partial charge < -0.3 is 14.6 Å². The van der Waals surface area contributed by atoms with Gasteiger partial charge >= 0.3 is 5.97 Å². The van der Waals surface area contributed by atoms with E-state index in [0.29, 0.717) is 31.8 Å². The maximum Gasteiger partial charge on any atom is 0.357 e. The number of para-hydroxylation sites is 1. The summed E-state index contributed by atoms with van der Waals surface area (Å²) in [5, 5.41) is 14.0. The minimum atomic E-state index is -1.02. The first kappa shape index (κ1) is 12.1. The Bertz CT molecular complexity index is 602. The molecule has 2 aromatic rings. The van der Waals surface area contributed by atoms with Crippen LogP contribution in [0.3, 0.4) is 0 Å². The molecular formula is C13H14N2O4. The third-order valence-electron chi connectivity index (χ3n) is 3.12. The third-order valence-corrected chi connectivity index (χ3v) is 3.12. The van der Waals surface area contributed by atoms with Crippen molar-refractivity contribution in [3.05, 3.63) is 30.0 Å². The molecule has 1 N–H and O–H groups in total. The van der Waals surface area contributed by atoms with Crippen LogP contribution in [0, 0.1) is 0 Å². The molecule has 0 aliphatic carbocycles. The molecule has 6 nitrogen and oxygen atoms in total. The van der Waals surface area contributed by atoms with Crippen LogP contribution >= 0.6 is 0 Å². The van der Waals surface area contributed by atoms with Crippen molar-refractivity contribution < 1.29 is 19.4 Å². The number of aromatic carboxylic acids is 1. The lowest BCUT2D eigenvalue weighted by atomic mass is 10.2. The Labute approximate surface area is 109 Å². The van der Waals surface area contributed by atoms with Gasteiger partial charge in [-0.2, -0.15) is 5.10 Å². The number of nitrogens with zero attached hydrogens (tertiary/aromatic N) is 2. The Hall–Kier alpha value is -1.92. The summed E-state index contributed by atoms with van der Waals surface area (Å²) in [6.45, 7) is 2.18. The van der Waals surface area contributed by atoms with E-state index in [1.807, 2.05) is 12.1 Å². The molecule has 0 amide bonds. The van der Waals surface area contributed by atoms with Crippen molar-refractivity contribution >= 4 is 16.9 Å².